The van der Waals surface area contributed by atoms with E-state index in [0.717, 1.165) is 24.3 Å². The quantitative estimate of drug-likeness (QED) is 0.704. The van der Waals surface area contributed by atoms with Crippen LogP contribution in [0.15, 0.2) is 24.3 Å². The number of anilines is 1. The molecule has 1 fully saturated rings. The molecule has 1 heterocycles. The van der Waals surface area contributed by atoms with Gasteiger partial charge in [-0.15, -0.1) is 0 Å². The number of rotatable bonds is 5. The Kier molecular flexibility index (Phi) is 5.38. The van der Waals surface area contributed by atoms with E-state index >= 15 is 0 Å². The zero-order valence-electron chi connectivity index (χ0n) is 13.1. The normalized spacial score (nSPS) is 22.6. The Labute approximate surface area is 130 Å². The maximum absolute atomic E-state index is 12.5. The second kappa shape index (κ2) is 7.26. The van der Waals surface area contributed by atoms with Crippen molar-refractivity contribution in [2.45, 2.75) is 25.8 Å². The van der Waals surface area contributed by atoms with E-state index in [1.54, 1.807) is 19.2 Å². The number of nitrogens with one attached hydrogen (secondary N) is 2. The second-order valence-electron chi connectivity index (χ2n) is 5.77. The van der Waals surface area contributed by atoms with Crippen molar-refractivity contribution in [3.8, 4) is 5.75 Å². The Morgan fingerprint density at radius 2 is 2.14 bits per heavy atom. The number of ether oxygens (including phenoxy) is 1. The molecular formula is C16H24N3O3+. The number of amides is 2. The lowest BCUT2D eigenvalue weighted by Gasteiger charge is -2.32. The van der Waals surface area contributed by atoms with Crippen LogP contribution in [0.3, 0.4) is 0 Å². The van der Waals surface area contributed by atoms with E-state index in [2.05, 4.69) is 5.32 Å². The number of quaternary nitrogens is 1. The summed E-state index contributed by atoms with van der Waals surface area (Å²) < 4.78 is 5.24. The number of nitrogens with two attached hydrogens (primary N) is 1. The standard InChI is InChI=1S/C16H23N3O3/c1-11(19-9-5-6-12(10-19)15(17)20)16(21)18-13-7-3-4-8-14(13)22-2/h3-4,7-8,11-12H,5-6,9-10H2,1-2H3,(H2,17,20)(H,18,21)/p+1/t11-,12-/m0/s1. The number of hydrogen-bond donors (Lipinski definition) is 3. The molecule has 1 aliphatic heterocycles. The molecule has 1 aromatic rings. The topological polar surface area (TPSA) is 85.9 Å². The zero-order chi connectivity index (χ0) is 16.1. The zero-order valence-corrected chi connectivity index (χ0v) is 13.1. The summed E-state index contributed by atoms with van der Waals surface area (Å²) in [6.45, 7) is 3.38. The first kappa shape index (κ1) is 16.3. The molecule has 120 valence electrons. The molecule has 0 aromatic heterocycles. The maximum atomic E-state index is 12.5. The largest absolute Gasteiger partial charge is 0.495 e. The molecule has 1 aromatic carbocycles. The Morgan fingerprint density at radius 3 is 2.82 bits per heavy atom. The molecule has 2 amide bonds. The summed E-state index contributed by atoms with van der Waals surface area (Å²) in [4.78, 5) is 24.9. The van der Waals surface area contributed by atoms with Gasteiger partial charge >= 0.3 is 0 Å². The average Bonchev–Trinajstić information content (AvgIpc) is 2.54. The number of para-hydroxylation sites is 2. The number of hydrogen-bond acceptors (Lipinski definition) is 3. The lowest BCUT2D eigenvalue weighted by atomic mass is 9.96. The van der Waals surface area contributed by atoms with Crippen LogP contribution in [-0.2, 0) is 9.59 Å². The van der Waals surface area contributed by atoms with E-state index < -0.39 is 0 Å². The van der Waals surface area contributed by atoms with Gasteiger partial charge in [0.2, 0.25) is 5.91 Å². The highest BCUT2D eigenvalue weighted by Crippen LogP contribution is 2.22. The number of benzene rings is 1. The molecule has 1 unspecified atom stereocenters. The monoisotopic (exact) mass is 306 g/mol. The van der Waals surface area contributed by atoms with Gasteiger partial charge in [-0.3, -0.25) is 9.59 Å². The van der Waals surface area contributed by atoms with Gasteiger partial charge in [0, 0.05) is 0 Å². The predicted molar refractivity (Wildman–Crippen MR) is 83.7 cm³/mol. The van der Waals surface area contributed by atoms with Gasteiger partial charge in [-0.05, 0) is 31.9 Å². The third-order valence-corrected chi connectivity index (χ3v) is 4.33. The van der Waals surface area contributed by atoms with Gasteiger partial charge in [-0.1, -0.05) is 12.1 Å². The summed E-state index contributed by atoms with van der Waals surface area (Å²) in [5.74, 6) is 0.149. The maximum Gasteiger partial charge on any atom is 0.282 e. The molecule has 0 spiro atoms. The van der Waals surface area contributed by atoms with Crippen molar-refractivity contribution < 1.29 is 19.2 Å². The molecule has 3 atom stereocenters. The van der Waals surface area contributed by atoms with Crippen molar-refractivity contribution in [1.29, 1.82) is 0 Å². The van der Waals surface area contributed by atoms with Crippen LogP contribution in [0.4, 0.5) is 5.69 Å². The summed E-state index contributed by atoms with van der Waals surface area (Å²) in [5.41, 5.74) is 6.05. The predicted octanol–water partition coefficient (Wildman–Crippen LogP) is -0.198. The fourth-order valence-electron chi connectivity index (χ4n) is 2.91. The lowest BCUT2D eigenvalue weighted by Crippen LogP contribution is -3.18. The first-order valence-corrected chi connectivity index (χ1v) is 7.60. The Hall–Kier alpha value is -2.08. The SMILES string of the molecule is COc1ccccc1NC(=O)[C@H](C)[NH+]1CCC[C@H](C(N)=O)C1. The van der Waals surface area contributed by atoms with Crippen LogP contribution in [0.1, 0.15) is 19.8 Å². The van der Waals surface area contributed by atoms with Crippen LogP contribution >= 0.6 is 0 Å². The minimum Gasteiger partial charge on any atom is -0.495 e. The molecule has 22 heavy (non-hydrogen) atoms. The number of likely N-dealkylation sites (tertiary alicyclic amines) is 1. The lowest BCUT2D eigenvalue weighted by molar-refractivity contribution is -0.921. The number of methoxy groups -OCH3 is 1. The molecule has 0 bridgehead atoms. The van der Waals surface area contributed by atoms with Crippen molar-refractivity contribution in [3.63, 3.8) is 0 Å². The molecule has 0 saturated carbocycles. The van der Waals surface area contributed by atoms with Crippen molar-refractivity contribution >= 4 is 17.5 Å². The van der Waals surface area contributed by atoms with Crippen LogP contribution < -0.4 is 20.7 Å². The number of primary amides is 1. The average molecular weight is 306 g/mol. The van der Waals surface area contributed by atoms with Crippen molar-refractivity contribution in [2.24, 2.45) is 11.7 Å². The Morgan fingerprint density at radius 1 is 1.41 bits per heavy atom. The minimum absolute atomic E-state index is 0.0791. The van der Waals surface area contributed by atoms with Gasteiger partial charge in [0.15, 0.2) is 6.04 Å². The molecule has 4 N–H and O–H groups in total. The number of carbonyl (C=O) groups excluding carboxylic acids is 2. The van der Waals surface area contributed by atoms with E-state index in [-0.39, 0.29) is 23.8 Å². The van der Waals surface area contributed by atoms with E-state index in [4.69, 9.17) is 10.5 Å². The molecule has 0 aliphatic carbocycles. The van der Waals surface area contributed by atoms with E-state index in [1.165, 1.54) is 0 Å². The van der Waals surface area contributed by atoms with Crippen LogP contribution in [-0.4, -0.2) is 38.1 Å². The molecule has 6 heteroatoms. The second-order valence-corrected chi connectivity index (χ2v) is 5.77. The van der Waals surface area contributed by atoms with Crippen LogP contribution in [0.5, 0.6) is 5.75 Å². The minimum atomic E-state index is -0.269. The van der Waals surface area contributed by atoms with E-state index in [1.807, 2.05) is 19.1 Å². The molecular weight excluding hydrogens is 282 g/mol. The van der Waals surface area contributed by atoms with E-state index in [0.29, 0.717) is 18.0 Å². The van der Waals surface area contributed by atoms with Gasteiger partial charge in [-0.2, -0.15) is 0 Å². The summed E-state index contributed by atoms with van der Waals surface area (Å²) in [6, 6.07) is 7.07. The van der Waals surface area contributed by atoms with Gasteiger partial charge in [0.1, 0.15) is 5.75 Å². The first-order chi connectivity index (χ1) is 10.5. The highest BCUT2D eigenvalue weighted by molar-refractivity contribution is 5.95. The van der Waals surface area contributed by atoms with Crippen LogP contribution in [0, 0.1) is 5.92 Å². The molecule has 1 aliphatic rings. The molecule has 0 radical (unpaired) electrons. The Bertz CT molecular complexity index is 547. The fraction of sp³-hybridized carbons (Fsp3) is 0.500. The van der Waals surface area contributed by atoms with Gasteiger partial charge in [-0.25, -0.2) is 0 Å². The van der Waals surface area contributed by atoms with E-state index in [9.17, 15) is 9.59 Å². The third kappa shape index (κ3) is 3.76. The van der Waals surface area contributed by atoms with Crippen molar-refractivity contribution in [3.05, 3.63) is 24.3 Å². The third-order valence-electron chi connectivity index (χ3n) is 4.33. The highest BCUT2D eigenvalue weighted by Gasteiger charge is 2.33. The number of piperidine rings is 1. The fourth-order valence-corrected chi connectivity index (χ4v) is 2.91. The summed E-state index contributed by atoms with van der Waals surface area (Å²) >= 11 is 0. The smallest absolute Gasteiger partial charge is 0.282 e. The highest BCUT2D eigenvalue weighted by atomic mass is 16.5. The molecule has 1 saturated heterocycles. The molecule has 6 nitrogen and oxygen atoms in total. The van der Waals surface area contributed by atoms with Crippen LogP contribution in [0.25, 0.3) is 0 Å². The van der Waals surface area contributed by atoms with Gasteiger partial charge < -0.3 is 20.7 Å². The first-order valence-electron chi connectivity index (χ1n) is 7.60. The van der Waals surface area contributed by atoms with Gasteiger partial charge in [0.25, 0.3) is 5.91 Å². The summed E-state index contributed by atoms with van der Waals surface area (Å²) in [5, 5.41) is 2.90. The summed E-state index contributed by atoms with van der Waals surface area (Å²) in [7, 11) is 1.57. The van der Waals surface area contributed by atoms with Crippen LogP contribution in [0.2, 0.25) is 0 Å². The number of carbonyl (C=O) groups is 2. The van der Waals surface area contributed by atoms with Crippen molar-refractivity contribution in [1.82, 2.24) is 0 Å². The van der Waals surface area contributed by atoms with Gasteiger partial charge in [0.05, 0.1) is 31.8 Å². The summed E-state index contributed by atoms with van der Waals surface area (Å²) in [6.07, 6.45) is 1.73. The Balaban J connectivity index is 2.01. The van der Waals surface area contributed by atoms with Crippen molar-refractivity contribution in [2.75, 3.05) is 25.5 Å². The molecule has 2 rings (SSSR count).